The van der Waals surface area contributed by atoms with Crippen LogP contribution in [0.3, 0.4) is 0 Å². The van der Waals surface area contributed by atoms with Gasteiger partial charge in [0.15, 0.2) is 23.2 Å². The highest BCUT2D eigenvalue weighted by molar-refractivity contribution is 5.88. The van der Waals surface area contributed by atoms with Crippen molar-refractivity contribution in [3.05, 3.63) is 29.3 Å². The van der Waals surface area contributed by atoms with Gasteiger partial charge < -0.3 is 33.5 Å². The van der Waals surface area contributed by atoms with Crippen molar-refractivity contribution in [1.29, 1.82) is 0 Å². The van der Waals surface area contributed by atoms with E-state index >= 15 is 0 Å². The van der Waals surface area contributed by atoms with Gasteiger partial charge in [0.05, 0.1) is 7.11 Å². The monoisotopic (exact) mass is 522 g/mol. The Morgan fingerprint density at radius 3 is 2.46 bits per heavy atom. The molecule has 10 heteroatoms. The van der Waals surface area contributed by atoms with Crippen molar-refractivity contribution in [1.82, 2.24) is 0 Å². The minimum atomic E-state index is -2.14. The summed E-state index contributed by atoms with van der Waals surface area (Å²) in [5.74, 6) is -1.03. The molecule has 10 nitrogen and oxygen atoms in total. The molecule has 37 heavy (non-hydrogen) atoms. The second kappa shape index (κ2) is 13.3. The fraction of sp³-hybridized carbons (Fsp3) is 0.593. The summed E-state index contributed by atoms with van der Waals surface area (Å²) in [7, 11) is 1.46. The molecule has 0 bridgehead atoms. The van der Waals surface area contributed by atoms with Crippen LogP contribution in [-0.4, -0.2) is 54.7 Å². The smallest absolute Gasteiger partial charge is 0.342 e. The lowest BCUT2D eigenvalue weighted by atomic mass is 9.99. The van der Waals surface area contributed by atoms with Crippen molar-refractivity contribution in [2.45, 2.75) is 91.1 Å². The Hall–Kier alpha value is -3.27. The zero-order valence-corrected chi connectivity index (χ0v) is 22.6. The Morgan fingerprint density at radius 1 is 1.14 bits per heavy atom. The quantitative estimate of drug-likeness (QED) is 0.174. The molecule has 2 rings (SSSR count). The zero-order chi connectivity index (χ0) is 27.8. The summed E-state index contributed by atoms with van der Waals surface area (Å²) in [5, 5.41) is 10.9. The number of carbonyl (C=O) groups is 3. The van der Waals surface area contributed by atoms with Crippen LogP contribution in [0.4, 0.5) is 0 Å². The van der Waals surface area contributed by atoms with Crippen LogP contribution >= 0.6 is 0 Å². The number of methoxy groups -OCH3 is 1. The van der Waals surface area contributed by atoms with Gasteiger partial charge in [-0.1, -0.05) is 25.8 Å². The largest absolute Gasteiger partial charge is 0.493 e. The standard InChI is InChI=1S/C27H38O10/c1-8-10-11-12-22(28)36-18(5)27(6,31)26(30)35-17(4)23(37-25(29)16(3)9-2)19-13-20(32-7)24-21(14-19)33-15-34-24/h9,13-14,17-18,23,31H,8,10-12,15H2,1-7H3/b16-9-/t17-,18-,23-,27?/m0/s1. The van der Waals surface area contributed by atoms with E-state index in [0.717, 1.165) is 12.8 Å². The summed E-state index contributed by atoms with van der Waals surface area (Å²) in [5.41, 5.74) is -1.37. The summed E-state index contributed by atoms with van der Waals surface area (Å²) in [6, 6.07) is 3.20. The van der Waals surface area contributed by atoms with Gasteiger partial charge in [0.2, 0.25) is 12.5 Å². The molecule has 0 fully saturated rings. The number of benzene rings is 1. The molecule has 1 aromatic rings. The number of hydrogen-bond donors (Lipinski definition) is 1. The van der Waals surface area contributed by atoms with E-state index in [1.165, 1.54) is 27.9 Å². The van der Waals surface area contributed by atoms with Gasteiger partial charge in [-0.15, -0.1) is 0 Å². The lowest BCUT2D eigenvalue weighted by Gasteiger charge is -2.31. The molecule has 1 aliphatic rings. The van der Waals surface area contributed by atoms with Crippen molar-refractivity contribution in [3.63, 3.8) is 0 Å². The fourth-order valence-electron chi connectivity index (χ4n) is 3.48. The summed E-state index contributed by atoms with van der Waals surface area (Å²) in [4.78, 5) is 37.7. The van der Waals surface area contributed by atoms with Crippen molar-refractivity contribution in [2.75, 3.05) is 13.9 Å². The molecule has 0 spiro atoms. The third-order valence-electron chi connectivity index (χ3n) is 6.22. The van der Waals surface area contributed by atoms with Crippen molar-refractivity contribution >= 4 is 17.9 Å². The van der Waals surface area contributed by atoms with E-state index in [9.17, 15) is 19.5 Å². The van der Waals surface area contributed by atoms with E-state index in [2.05, 4.69) is 0 Å². The highest BCUT2D eigenvalue weighted by atomic mass is 16.7. The van der Waals surface area contributed by atoms with Gasteiger partial charge in [-0.25, -0.2) is 9.59 Å². The Morgan fingerprint density at radius 2 is 1.84 bits per heavy atom. The van der Waals surface area contributed by atoms with Gasteiger partial charge in [-0.3, -0.25) is 4.79 Å². The number of carbonyl (C=O) groups excluding carboxylic acids is 3. The van der Waals surface area contributed by atoms with Crippen LogP contribution in [0, 0.1) is 0 Å². The third kappa shape index (κ3) is 7.61. The Balaban J connectivity index is 2.25. The highest BCUT2D eigenvalue weighted by Crippen LogP contribution is 2.44. The molecule has 0 aromatic heterocycles. The van der Waals surface area contributed by atoms with Crippen molar-refractivity contribution < 1.29 is 47.9 Å². The molecular formula is C27H38O10. The summed E-state index contributed by atoms with van der Waals surface area (Å²) >= 11 is 0. The molecule has 0 aliphatic carbocycles. The average molecular weight is 523 g/mol. The number of rotatable bonds is 13. The predicted octanol–water partition coefficient (Wildman–Crippen LogP) is 4.17. The lowest BCUT2D eigenvalue weighted by molar-refractivity contribution is -0.193. The minimum Gasteiger partial charge on any atom is -0.493 e. The second-order valence-electron chi connectivity index (χ2n) is 9.10. The van der Waals surface area contributed by atoms with E-state index in [0.29, 0.717) is 34.8 Å². The maximum Gasteiger partial charge on any atom is 0.342 e. The molecule has 0 radical (unpaired) electrons. The number of hydrogen-bond acceptors (Lipinski definition) is 10. The van der Waals surface area contributed by atoms with Crippen molar-refractivity contribution in [3.8, 4) is 17.2 Å². The summed E-state index contributed by atoms with van der Waals surface area (Å²) < 4.78 is 32.8. The number of unbranched alkanes of at least 4 members (excludes halogenated alkanes) is 2. The Labute approximate surface area is 217 Å². The maximum absolute atomic E-state index is 13.0. The topological polar surface area (TPSA) is 127 Å². The van der Waals surface area contributed by atoms with Gasteiger partial charge >= 0.3 is 17.9 Å². The average Bonchev–Trinajstić information content (AvgIpc) is 3.34. The number of allylic oxidation sites excluding steroid dienone is 1. The van der Waals surface area contributed by atoms with E-state index < -0.39 is 41.8 Å². The van der Waals surface area contributed by atoms with Crippen LogP contribution < -0.4 is 14.2 Å². The van der Waals surface area contributed by atoms with E-state index in [1.54, 1.807) is 32.1 Å². The minimum absolute atomic E-state index is 0.000257. The first-order valence-electron chi connectivity index (χ1n) is 12.4. The first-order chi connectivity index (χ1) is 17.5. The normalized spacial score (nSPS) is 16.7. The predicted molar refractivity (Wildman–Crippen MR) is 133 cm³/mol. The molecule has 1 N–H and O–H groups in total. The molecular weight excluding hydrogens is 484 g/mol. The lowest BCUT2D eigenvalue weighted by Crippen LogP contribution is -2.49. The number of esters is 3. The van der Waals surface area contributed by atoms with Gasteiger partial charge in [0, 0.05) is 17.6 Å². The molecule has 0 saturated heterocycles. The number of fused-ring (bicyclic) bond motifs is 1. The third-order valence-corrected chi connectivity index (χ3v) is 6.22. The van der Waals surface area contributed by atoms with Gasteiger partial charge in [-0.2, -0.15) is 0 Å². The molecule has 1 aliphatic heterocycles. The maximum atomic E-state index is 13.0. The molecule has 0 amide bonds. The summed E-state index contributed by atoms with van der Waals surface area (Å²) in [6.45, 7) is 9.45. The van der Waals surface area contributed by atoms with Gasteiger partial charge in [0.25, 0.3) is 0 Å². The molecule has 0 saturated carbocycles. The second-order valence-corrected chi connectivity index (χ2v) is 9.10. The number of ether oxygens (including phenoxy) is 6. The molecule has 1 unspecified atom stereocenters. The van der Waals surface area contributed by atoms with Crippen LogP contribution in [-0.2, 0) is 28.6 Å². The van der Waals surface area contributed by atoms with Gasteiger partial charge in [-0.05, 0) is 53.2 Å². The Kier molecular flexibility index (Phi) is 10.8. The van der Waals surface area contributed by atoms with Crippen LogP contribution in [0.15, 0.2) is 23.8 Å². The van der Waals surface area contributed by atoms with E-state index in [1.807, 2.05) is 6.92 Å². The van der Waals surface area contributed by atoms with Crippen LogP contribution in [0.25, 0.3) is 0 Å². The van der Waals surface area contributed by atoms with Crippen molar-refractivity contribution in [2.24, 2.45) is 0 Å². The molecule has 1 aromatic carbocycles. The van der Waals surface area contributed by atoms with Crippen LogP contribution in [0.5, 0.6) is 17.2 Å². The van der Waals surface area contributed by atoms with E-state index in [4.69, 9.17) is 28.4 Å². The SMILES string of the molecule is C/C=C(/C)C(=O)O[C@H](c1cc(OC)c2c(c1)OCO2)[C@H](C)OC(=O)C(C)(O)[C@H](C)OC(=O)CCCCC. The first kappa shape index (κ1) is 30.0. The fourth-order valence-corrected chi connectivity index (χ4v) is 3.48. The van der Waals surface area contributed by atoms with E-state index in [-0.39, 0.29) is 13.2 Å². The molecule has 206 valence electrons. The molecule has 1 heterocycles. The van der Waals surface area contributed by atoms with Gasteiger partial charge in [0.1, 0.15) is 12.2 Å². The highest BCUT2D eigenvalue weighted by Gasteiger charge is 2.43. The molecule has 4 atom stereocenters. The Bertz CT molecular complexity index is 997. The summed E-state index contributed by atoms with van der Waals surface area (Å²) in [6.07, 6.45) is 0.950. The number of aliphatic hydroxyl groups is 1. The van der Waals surface area contributed by atoms with Crippen LogP contribution in [0.1, 0.15) is 78.9 Å². The zero-order valence-electron chi connectivity index (χ0n) is 22.6. The van der Waals surface area contributed by atoms with Crippen LogP contribution in [0.2, 0.25) is 0 Å². The first-order valence-corrected chi connectivity index (χ1v) is 12.4.